The van der Waals surface area contributed by atoms with Gasteiger partial charge in [-0.2, -0.15) is 0 Å². The zero-order chi connectivity index (χ0) is 9.42. The maximum absolute atomic E-state index is 11.5. The highest BCUT2D eigenvalue weighted by atomic mass is 79.9. The topological polar surface area (TPSA) is 21.5 Å². The van der Waals surface area contributed by atoms with Crippen molar-refractivity contribution in [2.75, 3.05) is 0 Å². The minimum absolute atomic E-state index is 0.0105. The first-order chi connectivity index (χ1) is 6.20. The van der Waals surface area contributed by atoms with Gasteiger partial charge >= 0.3 is 0 Å². The van der Waals surface area contributed by atoms with Crippen molar-refractivity contribution < 1.29 is 0 Å². The van der Waals surface area contributed by atoms with Crippen molar-refractivity contribution >= 4 is 21.4 Å². The molecule has 0 aromatic carbocycles. The Balaban J connectivity index is 3.09. The molecule has 2 rings (SSSR count). The van der Waals surface area contributed by atoms with Crippen LogP contribution in [0.4, 0.5) is 0 Å². The first-order valence-electron chi connectivity index (χ1n) is 3.97. The molecule has 13 heavy (non-hydrogen) atoms. The molecule has 0 aliphatic carbocycles. The summed E-state index contributed by atoms with van der Waals surface area (Å²) in [5, 5.41) is 0. The molecule has 0 aliphatic heterocycles. The Morgan fingerprint density at radius 1 is 1.23 bits per heavy atom. The van der Waals surface area contributed by atoms with Gasteiger partial charge in [0.1, 0.15) is 0 Å². The molecule has 0 bridgehead atoms. The second-order valence-corrected chi connectivity index (χ2v) is 3.76. The van der Waals surface area contributed by atoms with E-state index in [0.717, 1.165) is 15.7 Å². The molecule has 0 saturated heterocycles. The number of hydrogen-bond acceptors (Lipinski definition) is 1. The van der Waals surface area contributed by atoms with E-state index in [1.54, 1.807) is 16.5 Å². The highest BCUT2D eigenvalue weighted by Gasteiger charge is 2.00. The van der Waals surface area contributed by atoms with Crippen LogP contribution < -0.4 is 5.56 Å². The highest BCUT2D eigenvalue weighted by Crippen LogP contribution is 2.16. The molecule has 0 saturated carbocycles. The normalized spacial score (nSPS) is 10.6. The standard InChI is InChI=1S/C10H8BrNO/c1-7-3-2-4-9-8(11)5-6-10(13)12(7)9/h2-6H,1H3. The summed E-state index contributed by atoms with van der Waals surface area (Å²) in [7, 11) is 0. The van der Waals surface area contributed by atoms with Crippen LogP contribution in [-0.4, -0.2) is 4.40 Å². The number of fused-ring (bicyclic) bond motifs is 1. The molecule has 0 amide bonds. The van der Waals surface area contributed by atoms with E-state index >= 15 is 0 Å². The fourth-order valence-corrected chi connectivity index (χ4v) is 1.84. The van der Waals surface area contributed by atoms with Gasteiger partial charge in [0.15, 0.2) is 0 Å². The SMILES string of the molecule is Cc1cccc2c(Br)ccc(=O)n12. The first kappa shape index (κ1) is 8.51. The van der Waals surface area contributed by atoms with Crippen LogP contribution in [0, 0.1) is 6.92 Å². The lowest BCUT2D eigenvalue weighted by molar-refractivity contribution is 1.02. The molecule has 0 N–H and O–H groups in total. The summed E-state index contributed by atoms with van der Waals surface area (Å²) < 4.78 is 2.63. The summed E-state index contributed by atoms with van der Waals surface area (Å²) in [4.78, 5) is 11.5. The summed E-state index contributed by atoms with van der Waals surface area (Å²) in [6, 6.07) is 9.11. The van der Waals surface area contributed by atoms with E-state index in [1.807, 2.05) is 25.1 Å². The van der Waals surface area contributed by atoms with Crippen molar-refractivity contribution in [3.05, 3.63) is 50.9 Å². The van der Waals surface area contributed by atoms with Gasteiger partial charge < -0.3 is 0 Å². The molecular formula is C10H8BrNO. The van der Waals surface area contributed by atoms with E-state index in [9.17, 15) is 4.79 Å². The van der Waals surface area contributed by atoms with E-state index in [4.69, 9.17) is 0 Å². The van der Waals surface area contributed by atoms with Crippen LogP contribution in [0.25, 0.3) is 5.52 Å². The molecule has 2 nitrogen and oxygen atoms in total. The lowest BCUT2D eigenvalue weighted by Crippen LogP contribution is -2.14. The average Bonchev–Trinajstić information content (AvgIpc) is 2.12. The summed E-state index contributed by atoms with van der Waals surface area (Å²) in [6.45, 7) is 1.92. The van der Waals surface area contributed by atoms with Crippen molar-refractivity contribution in [3.8, 4) is 0 Å². The number of pyridine rings is 2. The summed E-state index contributed by atoms with van der Waals surface area (Å²) in [6.07, 6.45) is 0. The van der Waals surface area contributed by atoms with Crippen molar-refractivity contribution in [1.29, 1.82) is 0 Å². The summed E-state index contributed by atoms with van der Waals surface area (Å²) in [5.41, 5.74) is 1.87. The van der Waals surface area contributed by atoms with Gasteiger partial charge in [-0.15, -0.1) is 0 Å². The van der Waals surface area contributed by atoms with Crippen LogP contribution in [0.3, 0.4) is 0 Å². The fraction of sp³-hybridized carbons (Fsp3) is 0.100. The Hall–Kier alpha value is -1.09. The van der Waals surface area contributed by atoms with Crippen molar-refractivity contribution in [3.63, 3.8) is 0 Å². The third-order valence-electron chi connectivity index (χ3n) is 2.02. The second kappa shape index (κ2) is 3.00. The van der Waals surface area contributed by atoms with Crippen LogP contribution in [-0.2, 0) is 0 Å². The summed E-state index contributed by atoms with van der Waals surface area (Å²) >= 11 is 3.41. The molecule has 2 aromatic rings. The maximum Gasteiger partial charge on any atom is 0.255 e. The smallest absolute Gasteiger partial charge is 0.255 e. The van der Waals surface area contributed by atoms with Gasteiger partial charge in [0.25, 0.3) is 5.56 Å². The van der Waals surface area contributed by atoms with Gasteiger partial charge in [0.05, 0.1) is 5.52 Å². The predicted molar refractivity (Wildman–Crippen MR) is 56.1 cm³/mol. The molecule has 2 heterocycles. The van der Waals surface area contributed by atoms with Gasteiger partial charge in [-0.3, -0.25) is 9.20 Å². The molecule has 0 radical (unpaired) electrons. The lowest BCUT2D eigenvalue weighted by atomic mass is 10.3. The Kier molecular flexibility index (Phi) is 1.96. The number of nitrogens with zero attached hydrogens (tertiary/aromatic N) is 1. The van der Waals surface area contributed by atoms with Crippen LogP contribution in [0.15, 0.2) is 39.6 Å². The van der Waals surface area contributed by atoms with Gasteiger partial charge in [-0.25, -0.2) is 0 Å². The minimum atomic E-state index is 0.0105. The van der Waals surface area contributed by atoms with E-state index < -0.39 is 0 Å². The number of halogens is 1. The number of hydrogen-bond donors (Lipinski definition) is 0. The molecule has 2 aromatic heterocycles. The van der Waals surface area contributed by atoms with Crippen molar-refractivity contribution in [2.24, 2.45) is 0 Å². The van der Waals surface area contributed by atoms with E-state index in [0.29, 0.717) is 0 Å². The van der Waals surface area contributed by atoms with Crippen LogP contribution in [0.2, 0.25) is 0 Å². The third kappa shape index (κ3) is 1.29. The molecule has 3 heteroatoms. The Morgan fingerprint density at radius 2 is 2.00 bits per heavy atom. The Labute approximate surface area is 84.0 Å². The van der Waals surface area contributed by atoms with E-state index in [1.165, 1.54) is 0 Å². The zero-order valence-corrected chi connectivity index (χ0v) is 8.71. The minimum Gasteiger partial charge on any atom is -0.280 e. The largest absolute Gasteiger partial charge is 0.280 e. The number of aryl methyl sites for hydroxylation is 1. The lowest BCUT2D eigenvalue weighted by Gasteiger charge is -2.04. The fourth-order valence-electron chi connectivity index (χ4n) is 1.40. The van der Waals surface area contributed by atoms with Gasteiger partial charge in [0.2, 0.25) is 0 Å². The third-order valence-corrected chi connectivity index (χ3v) is 2.69. The molecule has 0 aliphatic rings. The molecule has 0 fully saturated rings. The predicted octanol–water partition coefficient (Wildman–Crippen LogP) is 2.37. The monoisotopic (exact) mass is 237 g/mol. The summed E-state index contributed by atoms with van der Waals surface area (Å²) in [5.74, 6) is 0. The quantitative estimate of drug-likeness (QED) is 0.690. The number of aromatic nitrogens is 1. The van der Waals surface area contributed by atoms with Crippen LogP contribution >= 0.6 is 15.9 Å². The Morgan fingerprint density at radius 3 is 2.69 bits per heavy atom. The average molecular weight is 238 g/mol. The van der Waals surface area contributed by atoms with Crippen molar-refractivity contribution in [2.45, 2.75) is 6.92 Å². The van der Waals surface area contributed by atoms with Crippen molar-refractivity contribution in [1.82, 2.24) is 4.40 Å². The molecule has 0 atom stereocenters. The number of rotatable bonds is 0. The maximum atomic E-state index is 11.5. The molecule has 66 valence electrons. The molecule has 0 spiro atoms. The highest BCUT2D eigenvalue weighted by molar-refractivity contribution is 9.10. The first-order valence-corrected chi connectivity index (χ1v) is 4.76. The zero-order valence-electron chi connectivity index (χ0n) is 7.12. The Bertz CT molecular complexity index is 516. The van der Waals surface area contributed by atoms with Gasteiger partial charge in [-0.1, -0.05) is 6.07 Å². The van der Waals surface area contributed by atoms with E-state index in [2.05, 4.69) is 15.9 Å². The van der Waals surface area contributed by atoms with Crippen LogP contribution in [0.5, 0.6) is 0 Å². The van der Waals surface area contributed by atoms with Gasteiger partial charge in [0, 0.05) is 16.2 Å². The van der Waals surface area contributed by atoms with E-state index in [-0.39, 0.29) is 5.56 Å². The van der Waals surface area contributed by atoms with Crippen LogP contribution in [0.1, 0.15) is 5.69 Å². The van der Waals surface area contributed by atoms with Gasteiger partial charge in [-0.05, 0) is 41.1 Å². The second-order valence-electron chi connectivity index (χ2n) is 2.91. The molecular weight excluding hydrogens is 230 g/mol. The molecule has 0 unspecified atom stereocenters.